The number of nitrogens with one attached hydrogen (secondary N) is 1. The fraction of sp³-hybridized carbons (Fsp3) is 0.0769. The molecule has 7 nitrogen and oxygen atoms in total. The summed E-state index contributed by atoms with van der Waals surface area (Å²) in [6.07, 6.45) is 1.62. The van der Waals surface area contributed by atoms with Crippen molar-refractivity contribution in [3.05, 3.63) is 94.4 Å². The number of anilines is 1. The van der Waals surface area contributed by atoms with E-state index in [2.05, 4.69) is 56.6 Å². The average molecular weight is 756 g/mol. The molecular formula is C26H16ClI2N3O4S. The van der Waals surface area contributed by atoms with Crippen molar-refractivity contribution in [2.45, 2.75) is 6.61 Å². The van der Waals surface area contributed by atoms with Gasteiger partial charge in [0.05, 0.1) is 34.4 Å². The highest BCUT2D eigenvalue weighted by molar-refractivity contribution is 14.1. The van der Waals surface area contributed by atoms with Gasteiger partial charge in [0.1, 0.15) is 18.9 Å². The average Bonchev–Trinajstić information content (AvgIpc) is 3.12. The lowest BCUT2D eigenvalue weighted by Gasteiger charge is -2.13. The van der Waals surface area contributed by atoms with Crippen molar-refractivity contribution >= 4 is 97.4 Å². The molecule has 1 heterocycles. The van der Waals surface area contributed by atoms with E-state index in [0.29, 0.717) is 27.6 Å². The quantitative estimate of drug-likeness (QED) is 0.214. The molecular weight excluding hydrogens is 740 g/mol. The van der Waals surface area contributed by atoms with Gasteiger partial charge < -0.3 is 10.1 Å². The number of para-hydroxylation sites is 1. The smallest absolute Gasteiger partial charge is 0.294 e. The van der Waals surface area contributed by atoms with Crippen molar-refractivity contribution in [1.29, 1.82) is 5.26 Å². The molecule has 1 aliphatic rings. The number of rotatable bonds is 7. The summed E-state index contributed by atoms with van der Waals surface area (Å²) in [5, 5.41) is 11.7. The lowest BCUT2D eigenvalue weighted by Crippen LogP contribution is -2.36. The SMILES string of the molecule is N#Cc1ccccc1COc1c(I)cc(/C=C2/SC(=O)N(CC(=O)Nc3ccccc3Cl)C2=O)cc1I. The minimum absolute atomic E-state index is 0.221. The molecule has 0 atom stereocenters. The van der Waals surface area contributed by atoms with Gasteiger partial charge in [-0.3, -0.25) is 19.3 Å². The second-order valence-electron chi connectivity index (χ2n) is 7.67. The van der Waals surface area contributed by atoms with Crippen LogP contribution in [0.4, 0.5) is 10.5 Å². The van der Waals surface area contributed by atoms with Crippen LogP contribution in [0.25, 0.3) is 6.08 Å². The number of ether oxygens (including phenoxy) is 1. The van der Waals surface area contributed by atoms with Crippen LogP contribution in [0, 0.1) is 18.5 Å². The number of thioether (sulfide) groups is 1. The first-order valence-corrected chi connectivity index (χ1v) is 14.0. The summed E-state index contributed by atoms with van der Waals surface area (Å²) in [6, 6.07) is 19.8. The molecule has 3 aromatic carbocycles. The molecule has 1 aliphatic heterocycles. The number of halogens is 3. The number of carbonyl (C=O) groups is 3. The number of nitrogens with zero attached hydrogens (tertiary/aromatic N) is 2. The Bertz CT molecular complexity index is 1470. The molecule has 1 saturated heterocycles. The number of amides is 3. The van der Waals surface area contributed by atoms with Gasteiger partial charge in [0.25, 0.3) is 11.1 Å². The highest BCUT2D eigenvalue weighted by Gasteiger charge is 2.36. The molecule has 0 unspecified atom stereocenters. The monoisotopic (exact) mass is 755 g/mol. The van der Waals surface area contributed by atoms with Gasteiger partial charge in [0.15, 0.2) is 0 Å². The normalized spacial score (nSPS) is 14.1. The number of imide groups is 1. The van der Waals surface area contributed by atoms with Gasteiger partial charge >= 0.3 is 0 Å². The Hall–Kier alpha value is -2.60. The molecule has 0 radical (unpaired) electrons. The molecule has 1 fully saturated rings. The molecule has 11 heteroatoms. The Balaban J connectivity index is 1.46. The Morgan fingerprint density at radius 2 is 1.78 bits per heavy atom. The summed E-state index contributed by atoms with van der Waals surface area (Å²) in [4.78, 5) is 38.9. The van der Waals surface area contributed by atoms with Crippen LogP contribution in [0.3, 0.4) is 0 Å². The van der Waals surface area contributed by atoms with E-state index >= 15 is 0 Å². The third kappa shape index (κ3) is 6.64. The third-order valence-electron chi connectivity index (χ3n) is 5.15. The highest BCUT2D eigenvalue weighted by Crippen LogP contribution is 2.35. The van der Waals surface area contributed by atoms with Gasteiger partial charge in [-0.15, -0.1) is 0 Å². The number of benzene rings is 3. The molecule has 3 aromatic rings. The Kier molecular flexibility index (Phi) is 9.12. The zero-order valence-corrected chi connectivity index (χ0v) is 24.7. The van der Waals surface area contributed by atoms with Crippen LogP contribution in [0.5, 0.6) is 5.75 Å². The Morgan fingerprint density at radius 1 is 1.11 bits per heavy atom. The van der Waals surface area contributed by atoms with Gasteiger partial charge in [0.2, 0.25) is 5.91 Å². The predicted octanol–water partition coefficient (Wildman–Crippen LogP) is 6.67. The summed E-state index contributed by atoms with van der Waals surface area (Å²) < 4.78 is 7.62. The van der Waals surface area contributed by atoms with Crippen molar-refractivity contribution in [3.63, 3.8) is 0 Å². The van der Waals surface area contributed by atoms with Crippen LogP contribution < -0.4 is 10.1 Å². The van der Waals surface area contributed by atoms with Gasteiger partial charge in [-0.2, -0.15) is 5.26 Å². The van der Waals surface area contributed by atoms with Crippen molar-refractivity contribution in [2.75, 3.05) is 11.9 Å². The molecule has 0 aliphatic carbocycles. The van der Waals surface area contributed by atoms with Crippen LogP contribution in [-0.4, -0.2) is 28.5 Å². The second-order valence-corrected chi connectivity index (χ2v) is 11.4. The molecule has 3 amide bonds. The van der Waals surface area contributed by atoms with Crippen molar-refractivity contribution < 1.29 is 19.1 Å². The molecule has 0 saturated carbocycles. The number of carbonyl (C=O) groups excluding carboxylic acids is 3. The topological polar surface area (TPSA) is 99.5 Å². The first-order valence-electron chi connectivity index (χ1n) is 10.7. The van der Waals surface area contributed by atoms with E-state index in [1.807, 2.05) is 24.3 Å². The maximum Gasteiger partial charge on any atom is 0.294 e. The van der Waals surface area contributed by atoms with Gasteiger partial charge in [0, 0.05) is 5.56 Å². The van der Waals surface area contributed by atoms with Gasteiger partial charge in [-0.1, -0.05) is 41.9 Å². The summed E-state index contributed by atoms with van der Waals surface area (Å²) in [5.41, 5.74) is 2.46. The fourth-order valence-corrected chi connectivity index (χ4v) is 6.54. The van der Waals surface area contributed by atoms with E-state index in [-0.39, 0.29) is 11.5 Å². The van der Waals surface area contributed by atoms with Crippen molar-refractivity contribution in [2.24, 2.45) is 0 Å². The third-order valence-corrected chi connectivity index (χ3v) is 7.99. The minimum atomic E-state index is -0.539. The molecule has 186 valence electrons. The number of hydrogen-bond donors (Lipinski definition) is 1. The van der Waals surface area contributed by atoms with Crippen LogP contribution in [-0.2, 0) is 16.2 Å². The molecule has 4 rings (SSSR count). The first-order chi connectivity index (χ1) is 17.8. The molecule has 1 N–H and O–H groups in total. The number of nitriles is 1. The highest BCUT2D eigenvalue weighted by atomic mass is 127. The molecule has 37 heavy (non-hydrogen) atoms. The second kappa shape index (κ2) is 12.3. The molecule has 0 spiro atoms. The van der Waals surface area contributed by atoms with E-state index in [0.717, 1.165) is 29.4 Å². The van der Waals surface area contributed by atoms with Gasteiger partial charge in [-0.25, -0.2) is 0 Å². The van der Waals surface area contributed by atoms with Gasteiger partial charge in [-0.05, 0) is 98.9 Å². The van der Waals surface area contributed by atoms with E-state index in [1.54, 1.807) is 42.5 Å². The van der Waals surface area contributed by atoms with Crippen LogP contribution in [0.1, 0.15) is 16.7 Å². The number of hydrogen-bond acceptors (Lipinski definition) is 6. The summed E-state index contributed by atoms with van der Waals surface area (Å²) in [6.45, 7) is -0.177. The first kappa shape index (κ1) is 27.4. The Morgan fingerprint density at radius 3 is 2.49 bits per heavy atom. The molecule has 0 bridgehead atoms. The summed E-state index contributed by atoms with van der Waals surface area (Å²) in [7, 11) is 0. The van der Waals surface area contributed by atoms with E-state index in [4.69, 9.17) is 16.3 Å². The molecule has 0 aromatic heterocycles. The van der Waals surface area contributed by atoms with E-state index in [1.165, 1.54) is 0 Å². The van der Waals surface area contributed by atoms with E-state index in [9.17, 15) is 19.6 Å². The lowest BCUT2D eigenvalue weighted by atomic mass is 10.1. The maximum absolute atomic E-state index is 12.9. The van der Waals surface area contributed by atoms with Crippen molar-refractivity contribution in [1.82, 2.24) is 4.90 Å². The van der Waals surface area contributed by atoms with E-state index < -0.39 is 23.6 Å². The van der Waals surface area contributed by atoms with Crippen molar-refractivity contribution in [3.8, 4) is 11.8 Å². The summed E-state index contributed by atoms with van der Waals surface area (Å²) >= 11 is 11.1. The maximum atomic E-state index is 12.9. The zero-order chi connectivity index (χ0) is 26.5. The fourth-order valence-electron chi connectivity index (χ4n) is 3.39. The van der Waals surface area contributed by atoms with Crippen LogP contribution in [0.2, 0.25) is 5.02 Å². The zero-order valence-electron chi connectivity index (χ0n) is 18.8. The predicted molar refractivity (Wildman–Crippen MR) is 160 cm³/mol. The Labute approximate surface area is 249 Å². The summed E-state index contributed by atoms with van der Waals surface area (Å²) in [5.74, 6) is -0.404. The minimum Gasteiger partial charge on any atom is -0.487 e. The van der Waals surface area contributed by atoms with Crippen LogP contribution in [0.15, 0.2) is 65.6 Å². The lowest BCUT2D eigenvalue weighted by molar-refractivity contribution is -0.127. The standard InChI is InChI=1S/C26H16ClI2N3O4S/c27-18-7-3-4-8-21(18)31-23(33)13-32-25(34)22(37-26(32)35)11-15-9-19(28)24(20(29)10-15)36-14-17-6-2-1-5-16(17)12-30/h1-11H,13-14H2,(H,31,33)/b22-11+. The largest absolute Gasteiger partial charge is 0.487 e. The van der Waals surface area contributed by atoms with Crippen LogP contribution >= 0.6 is 68.5 Å².